The van der Waals surface area contributed by atoms with Gasteiger partial charge in [0.15, 0.2) is 0 Å². The summed E-state index contributed by atoms with van der Waals surface area (Å²) in [5, 5.41) is 31.1. The number of rotatable bonds is 3. The molecule has 0 bridgehead atoms. The minimum absolute atomic E-state index is 0.118. The van der Waals surface area contributed by atoms with Crippen LogP contribution in [-0.2, 0) is 10.5 Å². The number of benzene rings is 3. The third kappa shape index (κ3) is 2.84. The van der Waals surface area contributed by atoms with Gasteiger partial charge in [-0.25, -0.2) is 4.79 Å². The lowest BCUT2D eigenvalue weighted by atomic mass is 9.78. The lowest BCUT2D eigenvalue weighted by Gasteiger charge is -2.51. The molecule has 0 radical (unpaired) electrons. The molecule has 0 aromatic heterocycles. The Hall–Kier alpha value is -4.17. The molecule has 162 valence electrons. The van der Waals surface area contributed by atoms with Crippen molar-refractivity contribution in [2.45, 2.75) is 18.2 Å². The number of urea groups is 1. The fourth-order valence-corrected chi connectivity index (χ4v) is 4.65. The van der Waals surface area contributed by atoms with Crippen LogP contribution < -0.4 is 9.80 Å². The highest BCUT2D eigenvalue weighted by Crippen LogP contribution is 2.54. The van der Waals surface area contributed by atoms with Gasteiger partial charge in [0.1, 0.15) is 5.54 Å². The molecule has 1 N–H and O–H groups in total. The van der Waals surface area contributed by atoms with Crippen LogP contribution in [0.2, 0.25) is 0 Å². The van der Waals surface area contributed by atoms with E-state index in [1.165, 1.54) is 4.90 Å². The first-order valence-electron chi connectivity index (χ1n) is 10.5. The number of anilines is 2. The number of nitriles is 2. The van der Waals surface area contributed by atoms with Crippen LogP contribution in [0.5, 0.6) is 0 Å². The smallest absolute Gasteiger partial charge is 0.332 e. The number of hydrogen-bond donors (Lipinski definition) is 1. The zero-order chi connectivity index (χ0) is 23.2. The molecule has 33 heavy (non-hydrogen) atoms. The highest BCUT2D eigenvalue weighted by Gasteiger charge is 2.72. The number of ether oxygens (including phenoxy) is 1. The molecule has 2 aliphatic rings. The van der Waals surface area contributed by atoms with Crippen molar-refractivity contribution in [2.24, 2.45) is 0 Å². The number of aryl methyl sites for hydroxylation is 1. The van der Waals surface area contributed by atoms with E-state index in [0.29, 0.717) is 28.1 Å². The minimum atomic E-state index is -1.83. The fourth-order valence-electron chi connectivity index (χ4n) is 4.65. The number of aliphatic hydroxyl groups is 1. The summed E-state index contributed by atoms with van der Waals surface area (Å²) >= 11 is 0. The molecule has 2 saturated heterocycles. The molecule has 2 amide bonds. The summed E-state index contributed by atoms with van der Waals surface area (Å²) in [5.41, 5.74) is 0.414. The predicted octanol–water partition coefficient (Wildman–Crippen LogP) is 3.80. The zero-order valence-electron chi connectivity index (χ0n) is 17.9. The summed E-state index contributed by atoms with van der Waals surface area (Å²) < 4.78 is 5.59. The Kier molecular flexibility index (Phi) is 4.68. The van der Waals surface area contributed by atoms with Crippen molar-refractivity contribution in [1.29, 1.82) is 10.5 Å². The molecular formula is C26H20N4O3. The number of carbonyl (C=O) groups is 1. The summed E-state index contributed by atoms with van der Waals surface area (Å²) in [6, 6.07) is 24.4. The van der Waals surface area contributed by atoms with Crippen LogP contribution in [0.4, 0.5) is 16.2 Å². The van der Waals surface area contributed by atoms with E-state index < -0.39 is 17.3 Å². The standard InChI is InChI=1S/C26H20N4O3/c1-18-5-9-22(10-6-18)29-24(31)30(23-11-7-19(14-27)8-12-23)26(32,25(29)16-33-17-25)21-4-2-3-20(13-21)15-28/h2-13,32H,16-17H2,1H3. The summed E-state index contributed by atoms with van der Waals surface area (Å²) in [5.74, 6) is 0. The van der Waals surface area contributed by atoms with Gasteiger partial charge in [-0.15, -0.1) is 0 Å². The first-order valence-corrected chi connectivity index (χ1v) is 10.5. The summed E-state index contributed by atoms with van der Waals surface area (Å²) in [6.07, 6.45) is 0. The van der Waals surface area contributed by atoms with Crippen molar-refractivity contribution >= 4 is 17.4 Å². The number of carbonyl (C=O) groups excluding carboxylic acids is 1. The Bertz CT molecular complexity index is 1320. The zero-order valence-corrected chi connectivity index (χ0v) is 17.9. The fraction of sp³-hybridized carbons (Fsp3) is 0.192. The molecule has 1 unspecified atom stereocenters. The Morgan fingerprint density at radius 1 is 0.879 bits per heavy atom. The van der Waals surface area contributed by atoms with Gasteiger partial charge in [0.2, 0.25) is 5.72 Å². The average Bonchev–Trinajstić information content (AvgIpc) is 3.04. The topological polar surface area (TPSA) is 101 Å². The van der Waals surface area contributed by atoms with Gasteiger partial charge < -0.3 is 9.84 Å². The quantitative estimate of drug-likeness (QED) is 0.673. The van der Waals surface area contributed by atoms with Crippen molar-refractivity contribution in [2.75, 3.05) is 23.0 Å². The minimum Gasteiger partial charge on any atom is -0.376 e. The molecule has 5 rings (SSSR count). The summed E-state index contributed by atoms with van der Waals surface area (Å²) in [7, 11) is 0. The summed E-state index contributed by atoms with van der Waals surface area (Å²) in [4.78, 5) is 16.9. The number of amides is 2. The second-order valence-corrected chi connectivity index (χ2v) is 8.34. The van der Waals surface area contributed by atoms with E-state index >= 15 is 0 Å². The van der Waals surface area contributed by atoms with Gasteiger partial charge in [0, 0.05) is 16.9 Å². The first kappa shape index (κ1) is 20.7. The molecule has 0 aliphatic carbocycles. The molecule has 2 fully saturated rings. The highest BCUT2D eigenvalue weighted by atomic mass is 16.5. The largest absolute Gasteiger partial charge is 0.376 e. The third-order valence-corrected chi connectivity index (χ3v) is 6.41. The van der Waals surface area contributed by atoms with Gasteiger partial charge in [-0.1, -0.05) is 29.8 Å². The van der Waals surface area contributed by atoms with Gasteiger partial charge in [-0.2, -0.15) is 10.5 Å². The van der Waals surface area contributed by atoms with Crippen molar-refractivity contribution in [3.8, 4) is 12.1 Å². The van der Waals surface area contributed by atoms with Gasteiger partial charge in [0.25, 0.3) is 0 Å². The van der Waals surface area contributed by atoms with Crippen LogP contribution in [0.1, 0.15) is 22.3 Å². The Labute approximate surface area is 191 Å². The monoisotopic (exact) mass is 436 g/mol. The van der Waals surface area contributed by atoms with E-state index in [4.69, 9.17) is 4.74 Å². The van der Waals surface area contributed by atoms with Crippen molar-refractivity contribution in [1.82, 2.24) is 0 Å². The maximum absolute atomic E-state index is 14.0. The first-order chi connectivity index (χ1) is 15.9. The maximum atomic E-state index is 14.0. The van der Waals surface area contributed by atoms with Crippen molar-refractivity contribution in [3.05, 3.63) is 95.1 Å². The third-order valence-electron chi connectivity index (χ3n) is 6.41. The van der Waals surface area contributed by atoms with Crippen LogP contribution in [0.15, 0.2) is 72.8 Å². The SMILES string of the molecule is Cc1ccc(N2C(=O)N(c3ccc(C#N)cc3)C(O)(c3cccc(C#N)c3)C23COC3)cc1. The second kappa shape index (κ2) is 7.46. The molecule has 2 heterocycles. The van der Waals surface area contributed by atoms with Gasteiger partial charge in [-0.3, -0.25) is 9.80 Å². The van der Waals surface area contributed by atoms with E-state index in [1.54, 1.807) is 53.4 Å². The lowest BCUT2D eigenvalue weighted by molar-refractivity contribution is -0.153. The molecule has 7 heteroatoms. The number of hydrogen-bond acceptors (Lipinski definition) is 5. The second-order valence-electron chi connectivity index (χ2n) is 8.34. The van der Waals surface area contributed by atoms with Gasteiger partial charge >= 0.3 is 6.03 Å². The normalized spacial score (nSPS) is 20.9. The Morgan fingerprint density at radius 2 is 1.48 bits per heavy atom. The lowest BCUT2D eigenvalue weighted by Crippen LogP contribution is -2.70. The average molecular weight is 436 g/mol. The van der Waals surface area contributed by atoms with Gasteiger partial charge in [-0.05, 0) is 55.5 Å². The van der Waals surface area contributed by atoms with Gasteiger partial charge in [0.05, 0.1) is 36.5 Å². The van der Waals surface area contributed by atoms with E-state index in [2.05, 4.69) is 12.1 Å². The van der Waals surface area contributed by atoms with Crippen LogP contribution in [0, 0.1) is 29.6 Å². The molecule has 3 aromatic carbocycles. The molecule has 1 spiro atoms. The molecule has 1 atom stereocenters. The number of nitrogens with zero attached hydrogens (tertiary/aromatic N) is 4. The molecular weight excluding hydrogens is 416 g/mol. The molecule has 2 aliphatic heterocycles. The highest BCUT2D eigenvalue weighted by molar-refractivity contribution is 6.09. The molecule has 7 nitrogen and oxygen atoms in total. The predicted molar refractivity (Wildman–Crippen MR) is 121 cm³/mol. The van der Waals surface area contributed by atoms with Crippen LogP contribution in [0.25, 0.3) is 0 Å². The van der Waals surface area contributed by atoms with Crippen molar-refractivity contribution < 1.29 is 14.6 Å². The van der Waals surface area contributed by atoms with Crippen LogP contribution >= 0.6 is 0 Å². The van der Waals surface area contributed by atoms with Crippen LogP contribution in [-0.4, -0.2) is 29.9 Å². The summed E-state index contributed by atoms with van der Waals surface area (Å²) in [6.45, 7) is 2.20. The van der Waals surface area contributed by atoms with E-state index in [0.717, 1.165) is 5.56 Å². The van der Waals surface area contributed by atoms with E-state index in [1.807, 2.05) is 31.2 Å². The Morgan fingerprint density at radius 3 is 2.06 bits per heavy atom. The maximum Gasteiger partial charge on any atom is 0.332 e. The Balaban J connectivity index is 1.76. The molecule has 0 saturated carbocycles. The van der Waals surface area contributed by atoms with E-state index in [9.17, 15) is 20.4 Å². The van der Waals surface area contributed by atoms with Crippen LogP contribution in [0.3, 0.4) is 0 Å². The van der Waals surface area contributed by atoms with Crippen molar-refractivity contribution in [3.63, 3.8) is 0 Å². The van der Waals surface area contributed by atoms with E-state index in [-0.39, 0.29) is 13.2 Å². The molecule has 3 aromatic rings.